The van der Waals surface area contributed by atoms with E-state index >= 15 is 0 Å². The summed E-state index contributed by atoms with van der Waals surface area (Å²) in [7, 11) is 1.68. The predicted octanol–water partition coefficient (Wildman–Crippen LogP) is 3.27. The largest absolute Gasteiger partial charge is 0.497 e. The topological polar surface area (TPSA) is 61.8 Å². The van der Waals surface area contributed by atoms with Crippen molar-refractivity contribution in [2.24, 2.45) is 5.92 Å². The molecule has 2 aliphatic heterocycles. The number of anilines is 2. The molecule has 1 amide bonds. The number of benzene rings is 1. The molecule has 2 aliphatic rings. The predicted molar refractivity (Wildman–Crippen MR) is 124 cm³/mol. The summed E-state index contributed by atoms with van der Waals surface area (Å²) in [6.45, 7) is 4.88. The Kier molecular flexibility index (Phi) is 5.63. The van der Waals surface area contributed by atoms with Gasteiger partial charge in [0.05, 0.1) is 23.2 Å². The molecule has 0 N–H and O–H groups in total. The summed E-state index contributed by atoms with van der Waals surface area (Å²) < 4.78 is 6.46. The number of ether oxygens (including phenoxy) is 1. The fraction of sp³-hybridized carbons (Fsp3) is 0.435. The van der Waals surface area contributed by atoms with E-state index in [0.717, 1.165) is 79.0 Å². The lowest BCUT2D eigenvalue weighted by molar-refractivity contribution is -0.136. The highest BCUT2D eigenvalue weighted by molar-refractivity contribution is 7.22. The van der Waals surface area contributed by atoms with Gasteiger partial charge in [-0.25, -0.2) is 9.97 Å². The normalized spacial score (nSPS) is 19.6. The number of carbonyl (C=O) groups is 1. The van der Waals surface area contributed by atoms with Gasteiger partial charge in [0.25, 0.3) is 0 Å². The molecule has 0 saturated carbocycles. The molecule has 1 unspecified atom stereocenters. The lowest BCUT2D eigenvalue weighted by Gasteiger charge is -2.39. The Morgan fingerprint density at radius 3 is 2.74 bits per heavy atom. The van der Waals surface area contributed by atoms with E-state index in [1.807, 2.05) is 47.5 Å². The first kappa shape index (κ1) is 20.1. The molecule has 0 radical (unpaired) electrons. The molecule has 5 rings (SSSR count). The summed E-state index contributed by atoms with van der Waals surface area (Å²) in [5, 5.41) is 1.00. The molecule has 31 heavy (non-hydrogen) atoms. The van der Waals surface area contributed by atoms with Crippen molar-refractivity contribution in [3.8, 4) is 5.75 Å². The van der Waals surface area contributed by atoms with E-state index in [1.54, 1.807) is 18.4 Å². The average Bonchev–Trinajstić information content (AvgIpc) is 3.28. The molecule has 1 atom stereocenters. The summed E-state index contributed by atoms with van der Waals surface area (Å²) in [5.74, 6) is 2.16. The minimum Gasteiger partial charge on any atom is -0.497 e. The van der Waals surface area contributed by atoms with Crippen LogP contribution in [0.3, 0.4) is 0 Å². The molecule has 7 nitrogen and oxygen atoms in total. The Bertz CT molecular complexity index is 1050. The van der Waals surface area contributed by atoms with E-state index in [0.29, 0.717) is 0 Å². The number of pyridine rings is 1. The van der Waals surface area contributed by atoms with Gasteiger partial charge in [0.15, 0.2) is 5.13 Å². The van der Waals surface area contributed by atoms with Crippen LogP contribution in [-0.4, -0.2) is 67.2 Å². The maximum absolute atomic E-state index is 13.3. The number of piperazine rings is 1. The molecule has 2 fully saturated rings. The van der Waals surface area contributed by atoms with Crippen molar-refractivity contribution in [2.45, 2.75) is 12.8 Å². The van der Waals surface area contributed by atoms with Crippen molar-refractivity contribution < 1.29 is 9.53 Å². The van der Waals surface area contributed by atoms with Gasteiger partial charge in [-0.2, -0.15) is 0 Å². The number of aromatic nitrogens is 2. The van der Waals surface area contributed by atoms with Crippen LogP contribution in [0.5, 0.6) is 5.75 Å². The Balaban J connectivity index is 1.23. The Morgan fingerprint density at radius 2 is 1.97 bits per heavy atom. The highest BCUT2D eigenvalue weighted by Gasteiger charge is 2.32. The second-order valence-corrected chi connectivity index (χ2v) is 9.12. The maximum atomic E-state index is 13.3. The molecule has 162 valence electrons. The molecule has 3 aromatic rings. The highest BCUT2D eigenvalue weighted by atomic mass is 32.1. The highest BCUT2D eigenvalue weighted by Crippen LogP contribution is 2.34. The monoisotopic (exact) mass is 437 g/mol. The first-order valence-electron chi connectivity index (χ1n) is 10.9. The van der Waals surface area contributed by atoms with Gasteiger partial charge >= 0.3 is 0 Å². The molecule has 1 aromatic carbocycles. The molecule has 0 bridgehead atoms. The summed E-state index contributed by atoms with van der Waals surface area (Å²) in [6, 6.07) is 11.9. The fourth-order valence-electron chi connectivity index (χ4n) is 4.46. The third kappa shape index (κ3) is 4.17. The number of hydrogen-bond acceptors (Lipinski definition) is 7. The molecular weight excluding hydrogens is 410 g/mol. The van der Waals surface area contributed by atoms with Crippen molar-refractivity contribution in [3.05, 3.63) is 42.6 Å². The smallest absolute Gasteiger partial charge is 0.227 e. The summed E-state index contributed by atoms with van der Waals surface area (Å²) in [4.78, 5) is 29.1. The van der Waals surface area contributed by atoms with Crippen molar-refractivity contribution in [2.75, 3.05) is 56.2 Å². The van der Waals surface area contributed by atoms with E-state index in [9.17, 15) is 4.79 Å². The zero-order valence-electron chi connectivity index (χ0n) is 17.7. The van der Waals surface area contributed by atoms with Crippen LogP contribution in [0.2, 0.25) is 0 Å². The van der Waals surface area contributed by atoms with E-state index in [4.69, 9.17) is 9.72 Å². The molecule has 4 heterocycles. The first-order valence-corrected chi connectivity index (χ1v) is 11.7. The van der Waals surface area contributed by atoms with Crippen molar-refractivity contribution in [1.82, 2.24) is 14.9 Å². The molecule has 0 aliphatic carbocycles. The number of hydrogen-bond donors (Lipinski definition) is 0. The van der Waals surface area contributed by atoms with Gasteiger partial charge in [-0.3, -0.25) is 4.79 Å². The number of fused-ring (bicyclic) bond motifs is 1. The number of methoxy groups -OCH3 is 1. The van der Waals surface area contributed by atoms with Gasteiger partial charge < -0.3 is 19.4 Å². The number of piperidine rings is 1. The van der Waals surface area contributed by atoms with Gasteiger partial charge in [0.1, 0.15) is 11.6 Å². The quantitative estimate of drug-likeness (QED) is 0.624. The standard InChI is InChI=1S/C23H27N5O2S/c1-30-18-7-8-19-20(15-18)31-23(25-19)28-10-4-5-17(16-28)22(29)27-13-11-26(12-14-27)21-6-2-3-9-24-21/h2-3,6-9,15,17H,4-5,10-14,16H2,1H3. The molecule has 8 heteroatoms. The van der Waals surface area contributed by atoms with E-state index in [2.05, 4.69) is 14.8 Å². The molecule has 0 spiro atoms. The minimum atomic E-state index is 0.0386. The van der Waals surface area contributed by atoms with Gasteiger partial charge in [0.2, 0.25) is 5.91 Å². The summed E-state index contributed by atoms with van der Waals surface area (Å²) >= 11 is 1.68. The van der Waals surface area contributed by atoms with Crippen molar-refractivity contribution in [1.29, 1.82) is 0 Å². The van der Waals surface area contributed by atoms with Crippen LogP contribution in [0.4, 0.5) is 10.9 Å². The van der Waals surface area contributed by atoms with Crippen LogP contribution < -0.4 is 14.5 Å². The van der Waals surface area contributed by atoms with E-state index < -0.39 is 0 Å². The second kappa shape index (κ2) is 8.70. The van der Waals surface area contributed by atoms with Crippen LogP contribution in [-0.2, 0) is 4.79 Å². The van der Waals surface area contributed by atoms with Crippen LogP contribution in [0.15, 0.2) is 42.6 Å². The van der Waals surface area contributed by atoms with Gasteiger partial charge in [0, 0.05) is 45.5 Å². The lowest BCUT2D eigenvalue weighted by Crippen LogP contribution is -2.52. The van der Waals surface area contributed by atoms with Gasteiger partial charge in [-0.1, -0.05) is 17.4 Å². The minimum absolute atomic E-state index is 0.0386. The summed E-state index contributed by atoms with van der Waals surface area (Å²) in [5.41, 5.74) is 0.986. The Hall–Kier alpha value is -2.87. The maximum Gasteiger partial charge on any atom is 0.227 e. The third-order valence-electron chi connectivity index (χ3n) is 6.19. The Labute approximate surface area is 186 Å². The summed E-state index contributed by atoms with van der Waals surface area (Å²) in [6.07, 6.45) is 3.79. The number of amides is 1. The lowest BCUT2D eigenvalue weighted by atomic mass is 9.96. The first-order chi connectivity index (χ1) is 15.2. The number of carbonyl (C=O) groups excluding carboxylic acids is 1. The van der Waals surface area contributed by atoms with Crippen LogP contribution in [0, 0.1) is 5.92 Å². The van der Waals surface area contributed by atoms with E-state index in [-0.39, 0.29) is 11.8 Å². The van der Waals surface area contributed by atoms with Gasteiger partial charge in [-0.05, 0) is 43.2 Å². The number of rotatable bonds is 4. The van der Waals surface area contributed by atoms with Gasteiger partial charge in [-0.15, -0.1) is 0 Å². The van der Waals surface area contributed by atoms with Crippen molar-refractivity contribution >= 4 is 38.4 Å². The molecule has 2 saturated heterocycles. The fourth-order valence-corrected chi connectivity index (χ4v) is 5.49. The number of thiazole rings is 1. The Morgan fingerprint density at radius 1 is 1.10 bits per heavy atom. The van der Waals surface area contributed by atoms with Crippen LogP contribution >= 0.6 is 11.3 Å². The zero-order valence-corrected chi connectivity index (χ0v) is 18.6. The average molecular weight is 438 g/mol. The van der Waals surface area contributed by atoms with Crippen LogP contribution in [0.1, 0.15) is 12.8 Å². The van der Waals surface area contributed by atoms with Crippen LogP contribution in [0.25, 0.3) is 10.2 Å². The molecular formula is C23H27N5O2S. The second-order valence-electron chi connectivity index (χ2n) is 8.12. The molecule has 2 aromatic heterocycles. The SMILES string of the molecule is COc1ccc2nc(N3CCCC(C(=O)N4CCN(c5ccccn5)CC4)C3)sc2c1. The van der Waals surface area contributed by atoms with Crippen molar-refractivity contribution in [3.63, 3.8) is 0 Å². The van der Waals surface area contributed by atoms with E-state index in [1.165, 1.54) is 0 Å². The zero-order chi connectivity index (χ0) is 21.2. The number of nitrogens with zero attached hydrogens (tertiary/aromatic N) is 5. The third-order valence-corrected chi connectivity index (χ3v) is 7.27.